The van der Waals surface area contributed by atoms with Gasteiger partial charge >= 0.3 is 0 Å². The van der Waals surface area contributed by atoms with E-state index in [0.717, 1.165) is 42.4 Å². The highest BCUT2D eigenvalue weighted by atomic mass is 16.5. The average molecular weight is 260 g/mol. The quantitative estimate of drug-likeness (QED) is 0.517. The highest BCUT2D eigenvalue weighted by molar-refractivity contribution is 5.80. The van der Waals surface area contributed by atoms with Gasteiger partial charge in [0, 0.05) is 0 Å². The minimum atomic E-state index is 0.595. The van der Waals surface area contributed by atoms with Crippen molar-refractivity contribution in [2.24, 2.45) is 5.92 Å². The lowest BCUT2D eigenvalue weighted by atomic mass is 10.0. The van der Waals surface area contributed by atoms with E-state index in [1.807, 2.05) is 12.1 Å². The van der Waals surface area contributed by atoms with Gasteiger partial charge in [0.1, 0.15) is 5.75 Å². The van der Waals surface area contributed by atoms with Gasteiger partial charge in [-0.1, -0.05) is 32.9 Å². The van der Waals surface area contributed by atoms with Crippen LogP contribution in [0.5, 0.6) is 5.75 Å². The summed E-state index contributed by atoms with van der Waals surface area (Å²) in [6, 6.07) is 4.03. The van der Waals surface area contributed by atoms with Crippen molar-refractivity contribution in [3.63, 3.8) is 0 Å². The van der Waals surface area contributed by atoms with Crippen molar-refractivity contribution in [1.82, 2.24) is 0 Å². The molecule has 0 aromatic heterocycles. The lowest BCUT2D eigenvalue weighted by molar-refractivity contribution is 0.111. The number of carbonyl (C=O) groups excluding carboxylic acids is 1. The first-order valence-electron chi connectivity index (χ1n) is 6.97. The minimum Gasteiger partial charge on any atom is -0.493 e. The summed E-state index contributed by atoms with van der Waals surface area (Å²) in [5.41, 5.74) is 2.87. The summed E-state index contributed by atoms with van der Waals surface area (Å²) in [5, 5.41) is 0. The highest BCUT2D eigenvalue weighted by Crippen LogP contribution is 2.26. The van der Waals surface area contributed by atoms with Gasteiger partial charge < -0.3 is 4.74 Å². The maximum atomic E-state index is 11.2. The van der Waals surface area contributed by atoms with E-state index in [9.17, 15) is 4.79 Å². The zero-order valence-corrected chi connectivity index (χ0v) is 12.2. The summed E-state index contributed by atoms with van der Waals surface area (Å²) >= 11 is 0. The third-order valence-corrected chi connectivity index (χ3v) is 3.10. The second kappa shape index (κ2) is 7.78. The minimum absolute atomic E-state index is 0.595. The van der Waals surface area contributed by atoms with Gasteiger partial charge in [-0.2, -0.15) is 0 Å². The maximum absolute atomic E-state index is 11.2. The SMILES string of the molecule is C=CCc1cc(CC)cc(C=O)c1OCCC(C)C. The molecule has 0 aliphatic rings. The van der Waals surface area contributed by atoms with Crippen molar-refractivity contribution in [3.05, 3.63) is 41.5 Å². The van der Waals surface area contributed by atoms with E-state index in [2.05, 4.69) is 33.4 Å². The molecule has 0 unspecified atom stereocenters. The standard InChI is InChI=1S/C17H24O2/c1-5-7-15-10-14(6-2)11-16(12-18)17(15)19-9-8-13(3)4/h5,10-13H,1,6-9H2,2-4H3. The van der Waals surface area contributed by atoms with Crippen molar-refractivity contribution in [3.8, 4) is 5.75 Å². The topological polar surface area (TPSA) is 26.3 Å². The van der Waals surface area contributed by atoms with Crippen LogP contribution >= 0.6 is 0 Å². The Bertz CT molecular complexity index is 433. The largest absolute Gasteiger partial charge is 0.493 e. The summed E-state index contributed by atoms with van der Waals surface area (Å²) in [6.07, 6.45) is 5.36. The van der Waals surface area contributed by atoms with Crippen LogP contribution in [0.15, 0.2) is 24.8 Å². The first-order chi connectivity index (χ1) is 9.12. The summed E-state index contributed by atoms with van der Waals surface area (Å²) in [5.74, 6) is 1.32. The van der Waals surface area contributed by atoms with Crippen LogP contribution in [0.3, 0.4) is 0 Å². The van der Waals surface area contributed by atoms with Crippen LogP contribution in [0, 0.1) is 5.92 Å². The molecule has 1 aromatic rings. The molecule has 2 heteroatoms. The predicted octanol–water partition coefficient (Wildman–Crippen LogP) is 4.21. The molecule has 0 fully saturated rings. The molecule has 0 radical (unpaired) electrons. The fraction of sp³-hybridized carbons (Fsp3) is 0.471. The normalized spacial score (nSPS) is 10.5. The Kier molecular flexibility index (Phi) is 6.34. The molecule has 1 aromatic carbocycles. The number of carbonyl (C=O) groups is 1. The van der Waals surface area contributed by atoms with Gasteiger partial charge in [-0.15, -0.1) is 6.58 Å². The lowest BCUT2D eigenvalue weighted by Crippen LogP contribution is -2.06. The fourth-order valence-corrected chi connectivity index (χ4v) is 1.95. The van der Waals surface area contributed by atoms with Crippen molar-refractivity contribution >= 4 is 6.29 Å². The summed E-state index contributed by atoms with van der Waals surface area (Å²) in [4.78, 5) is 11.2. The van der Waals surface area contributed by atoms with Gasteiger partial charge in [0.25, 0.3) is 0 Å². The number of aldehydes is 1. The number of allylic oxidation sites excluding steroid dienone is 1. The first-order valence-corrected chi connectivity index (χ1v) is 6.97. The molecule has 0 bridgehead atoms. The Morgan fingerprint density at radius 1 is 1.37 bits per heavy atom. The van der Waals surface area contributed by atoms with Gasteiger partial charge in [0.05, 0.1) is 12.2 Å². The van der Waals surface area contributed by atoms with Gasteiger partial charge in [0.2, 0.25) is 0 Å². The Morgan fingerprint density at radius 2 is 2.11 bits per heavy atom. The van der Waals surface area contributed by atoms with E-state index in [4.69, 9.17) is 4.74 Å². The molecule has 2 nitrogen and oxygen atoms in total. The van der Waals surface area contributed by atoms with E-state index >= 15 is 0 Å². The van der Waals surface area contributed by atoms with Gasteiger partial charge in [-0.05, 0) is 42.4 Å². The van der Waals surface area contributed by atoms with Crippen molar-refractivity contribution in [1.29, 1.82) is 0 Å². The molecule has 104 valence electrons. The Labute approximate surface area is 116 Å². The number of hydrogen-bond acceptors (Lipinski definition) is 2. The van der Waals surface area contributed by atoms with Crippen molar-refractivity contribution in [2.75, 3.05) is 6.61 Å². The van der Waals surface area contributed by atoms with Crippen LogP contribution in [-0.4, -0.2) is 12.9 Å². The van der Waals surface area contributed by atoms with Gasteiger partial charge in [-0.25, -0.2) is 0 Å². The van der Waals surface area contributed by atoms with E-state index in [0.29, 0.717) is 18.1 Å². The number of hydrogen-bond donors (Lipinski definition) is 0. The van der Waals surface area contributed by atoms with E-state index in [1.54, 1.807) is 0 Å². The molecule has 0 aliphatic heterocycles. The molecule has 1 rings (SSSR count). The molecular weight excluding hydrogens is 236 g/mol. The van der Waals surface area contributed by atoms with E-state index in [-0.39, 0.29) is 0 Å². The molecule has 0 heterocycles. The zero-order valence-electron chi connectivity index (χ0n) is 12.2. The van der Waals surface area contributed by atoms with Crippen LogP contribution < -0.4 is 4.74 Å². The Hall–Kier alpha value is -1.57. The molecular formula is C17H24O2. The molecule has 0 N–H and O–H groups in total. The van der Waals surface area contributed by atoms with Gasteiger partial charge in [0.15, 0.2) is 6.29 Å². The first kappa shape index (κ1) is 15.5. The van der Waals surface area contributed by atoms with Crippen molar-refractivity contribution in [2.45, 2.75) is 40.0 Å². The smallest absolute Gasteiger partial charge is 0.153 e. The molecule has 0 amide bonds. The van der Waals surface area contributed by atoms with E-state index < -0.39 is 0 Å². The second-order valence-corrected chi connectivity index (χ2v) is 5.17. The Balaban J connectivity index is 3.02. The predicted molar refractivity (Wildman–Crippen MR) is 80.1 cm³/mol. The zero-order chi connectivity index (χ0) is 14.3. The van der Waals surface area contributed by atoms with Crippen molar-refractivity contribution < 1.29 is 9.53 Å². The molecule has 0 saturated carbocycles. The molecule has 0 aliphatic carbocycles. The monoisotopic (exact) mass is 260 g/mol. The molecule has 0 atom stereocenters. The van der Waals surface area contributed by atoms with Crippen LogP contribution in [0.4, 0.5) is 0 Å². The number of rotatable bonds is 8. The number of aryl methyl sites for hydroxylation is 1. The van der Waals surface area contributed by atoms with E-state index in [1.165, 1.54) is 0 Å². The van der Waals surface area contributed by atoms with Crippen LogP contribution in [0.25, 0.3) is 0 Å². The summed E-state index contributed by atoms with van der Waals surface area (Å²) in [7, 11) is 0. The van der Waals surface area contributed by atoms with Crippen LogP contribution in [-0.2, 0) is 12.8 Å². The second-order valence-electron chi connectivity index (χ2n) is 5.17. The van der Waals surface area contributed by atoms with Gasteiger partial charge in [-0.3, -0.25) is 4.79 Å². The highest BCUT2D eigenvalue weighted by Gasteiger charge is 2.11. The lowest BCUT2D eigenvalue weighted by Gasteiger charge is -2.15. The maximum Gasteiger partial charge on any atom is 0.153 e. The van der Waals surface area contributed by atoms with Crippen LogP contribution in [0.1, 0.15) is 48.7 Å². The Morgan fingerprint density at radius 3 is 2.63 bits per heavy atom. The van der Waals surface area contributed by atoms with Crippen LogP contribution in [0.2, 0.25) is 0 Å². The fourth-order valence-electron chi connectivity index (χ4n) is 1.95. The molecule has 19 heavy (non-hydrogen) atoms. The number of ether oxygens (including phenoxy) is 1. The summed E-state index contributed by atoms with van der Waals surface area (Å²) in [6.45, 7) is 10.8. The summed E-state index contributed by atoms with van der Waals surface area (Å²) < 4.78 is 5.84. The third-order valence-electron chi connectivity index (χ3n) is 3.10. The average Bonchev–Trinajstić information content (AvgIpc) is 2.39. The molecule has 0 saturated heterocycles. The molecule has 0 spiro atoms. The number of benzene rings is 1. The third kappa shape index (κ3) is 4.55.